The fraction of sp³-hybridized carbons (Fsp3) is 0.286. The fourth-order valence-electron chi connectivity index (χ4n) is 2.74. The lowest BCUT2D eigenvalue weighted by Crippen LogP contribution is -2.28. The summed E-state index contributed by atoms with van der Waals surface area (Å²) in [5.41, 5.74) is 3.14. The number of carbonyl (C=O) groups excluding carboxylic acids is 2. The molecule has 0 saturated carbocycles. The predicted molar refractivity (Wildman–Crippen MR) is 111 cm³/mol. The first-order chi connectivity index (χ1) is 13.3. The van der Waals surface area contributed by atoms with Crippen molar-refractivity contribution in [1.29, 1.82) is 0 Å². The van der Waals surface area contributed by atoms with Crippen molar-refractivity contribution in [2.45, 2.75) is 33.1 Å². The molecule has 146 valence electrons. The zero-order chi connectivity index (χ0) is 20.3. The van der Waals surface area contributed by atoms with Gasteiger partial charge in [0.05, 0.1) is 23.9 Å². The zero-order valence-corrected chi connectivity index (χ0v) is 17.2. The molecule has 0 bridgehead atoms. The Labute approximate surface area is 168 Å². The summed E-state index contributed by atoms with van der Waals surface area (Å²) >= 11 is 1.29. The molecule has 0 saturated heterocycles. The molecule has 2 heterocycles. The van der Waals surface area contributed by atoms with Crippen LogP contribution in [0.5, 0.6) is 0 Å². The second kappa shape index (κ2) is 8.39. The molecule has 1 aromatic carbocycles. The highest BCUT2D eigenvalue weighted by atomic mass is 32.1. The van der Waals surface area contributed by atoms with Crippen molar-refractivity contribution in [3.8, 4) is 0 Å². The van der Waals surface area contributed by atoms with Crippen LogP contribution in [0.4, 0.5) is 10.8 Å². The maximum atomic E-state index is 12.6. The summed E-state index contributed by atoms with van der Waals surface area (Å²) in [6.45, 7) is 5.97. The van der Waals surface area contributed by atoms with Gasteiger partial charge in [0.15, 0.2) is 5.13 Å². The third-order valence-electron chi connectivity index (χ3n) is 4.51. The molecule has 0 radical (unpaired) electrons. The van der Waals surface area contributed by atoms with Gasteiger partial charge in [0.2, 0.25) is 5.91 Å². The quantitative estimate of drug-likeness (QED) is 0.658. The van der Waals surface area contributed by atoms with Crippen LogP contribution in [0.15, 0.2) is 46.4 Å². The number of rotatable bonds is 6. The van der Waals surface area contributed by atoms with E-state index < -0.39 is 0 Å². The Morgan fingerprint density at radius 1 is 1.29 bits per heavy atom. The van der Waals surface area contributed by atoms with Gasteiger partial charge in [-0.25, -0.2) is 4.98 Å². The minimum Gasteiger partial charge on any atom is -0.469 e. The van der Waals surface area contributed by atoms with Gasteiger partial charge in [-0.2, -0.15) is 0 Å². The van der Waals surface area contributed by atoms with E-state index in [1.165, 1.54) is 23.2 Å². The van der Waals surface area contributed by atoms with E-state index in [1.54, 1.807) is 30.3 Å². The molecule has 0 aliphatic carbocycles. The van der Waals surface area contributed by atoms with Crippen molar-refractivity contribution in [3.05, 3.63) is 64.6 Å². The van der Waals surface area contributed by atoms with Crippen LogP contribution in [-0.4, -0.2) is 23.8 Å². The van der Waals surface area contributed by atoms with E-state index in [2.05, 4.69) is 30.2 Å². The lowest BCUT2D eigenvalue weighted by atomic mass is 10.0. The molecule has 0 aliphatic heterocycles. The van der Waals surface area contributed by atoms with E-state index in [0.717, 1.165) is 5.69 Å². The normalized spacial score (nSPS) is 10.9. The topological polar surface area (TPSA) is 75.4 Å². The second-order valence-corrected chi connectivity index (χ2v) is 7.73. The van der Waals surface area contributed by atoms with Gasteiger partial charge in [-0.05, 0) is 36.6 Å². The van der Waals surface area contributed by atoms with Crippen molar-refractivity contribution in [1.82, 2.24) is 4.98 Å². The minimum absolute atomic E-state index is 0.0604. The van der Waals surface area contributed by atoms with Crippen LogP contribution in [-0.2, 0) is 11.2 Å². The SMILES string of the molecule is Cc1occc1C(=O)Nc1nc(CC(=O)N(C)c2cccc(C(C)C)c2)cs1. The largest absolute Gasteiger partial charge is 0.469 e. The lowest BCUT2D eigenvalue weighted by molar-refractivity contribution is -0.117. The number of furan rings is 1. The number of nitrogens with one attached hydrogen (secondary N) is 1. The van der Waals surface area contributed by atoms with Gasteiger partial charge >= 0.3 is 0 Å². The fourth-order valence-corrected chi connectivity index (χ4v) is 3.45. The Morgan fingerprint density at radius 2 is 2.07 bits per heavy atom. The van der Waals surface area contributed by atoms with Crippen molar-refractivity contribution in [2.75, 3.05) is 17.3 Å². The minimum atomic E-state index is -0.277. The first-order valence-corrected chi connectivity index (χ1v) is 9.89. The summed E-state index contributed by atoms with van der Waals surface area (Å²) in [6, 6.07) is 9.58. The Balaban J connectivity index is 1.64. The molecule has 0 aliphatic rings. The van der Waals surface area contributed by atoms with E-state index in [4.69, 9.17) is 4.42 Å². The molecule has 0 fully saturated rings. The second-order valence-electron chi connectivity index (χ2n) is 6.87. The van der Waals surface area contributed by atoms with Gasteiger partial charge in [-0.1, -0.05) is 26.0 Å². The monoisotopic (exact) mass is 397 g/mol. The molecule has 0 unspecified atom stereocenters. The predicted octanol–water partition coefficient (Wildman–Crippen LogP) is 4.63. The standard InChI is InChI=1S/C21H23N3O3S/c1-13(2)15-6-5-7-17(10-15)24(4)19(25)11-16-12-28-21(22-16)23-20(26)18-8-9-27-14(18)3/h5-10,12-13H,11H2,1-4H3,(H,22,23,26). The smallest absolute Gasteiger partial charge is 0.260 e. The number of amides is 2. The van der Waals surface area contributed by atoms with Gasteiger partial charge in [-0.15, -0.1) is 11.3 Å². The Bertz CT molecular complexity index is 990. The number of likely N-dealkylation sites (N-methyl/N-ethyl adjacent to an activating group) is 1. The average molecular weight is 398 g/mol. The van der Waals surface area contributed by atoms with Gasteiger partial charge in [0, 0.05) is 18.1 Å². The van der Waals surface area contributed by atoms with E-state index in [0.29, 0.717) is 28.1 Å². The zero-order valence-electron chi connectivity index (χ0n) is 16.4. The molecule has 28 heavy (non-hydrogen) atoms. The molecule has 3 rings (SSSR count). The summed E-state index contributed by atoms with van der Waals surface area (Å²) in [4.78, 5) is 30.9. The first-order valence-electron chi connectivity index (χ1n) is 9.01. The van der Waals surface area contributed by atoms with E-state index in [1.807, 2.05) is 18.2 Å². The van der Waals surface area contributed by atoms with Gasteiger partial charge in [-0.3, -0.25) is 14.9 Å². The molecule has 2 aromatic heterocycles. The van der Waals surface area contributed by atoms with Gasteiger partial charge < -0.3 is 9.32 Å². The molecular weight excluding hydrogens is 374 g/mol. The van der Waals surface area contributed by atoms with Crippen LogP contribution < -0.4 is 10.2 Å². The molecular formula is C21H23N3O3S. The van der Waals surface area contributed by atoms with Crippen LogP contribution in [0.2, 0.25) is 0 Å². The van der Waals surface area contributed by atoms with Crippen molar-refractivity contribution < 1.29 is 14.0 Å². The molecule has 0 atom stereocenters. The van der Waals surface area contributed by atoms with E-state index in [-0.39, 0.29) is 18.2 Å². The number of benzene rings is 1. The highest BCUT2D eigenvalue weighted by molar-refractivity contribution is 7.14. The summed E-state index contributed by atoms with van der Waals surface area (Å²) < 4.78 is 5.14. The summed E-state index contributed by atoms with van der Waals surface area (Å²) in [7, 11) is 1.76. The van der Waals surface area contributed by atoms with Crippen molar-refractivity contribution in [2.24, 2.45) is 0 Å². The molecule has 2 amide bonds. The number of hydrogen-bond donors (Lipinski definition) is 1. The maximum absolute atomic E-state index is 12.6. The van der Waals surface area contributed by atoms with Crippen LogP contribution in [0.25, 0.3) is 0 Å². The number of thiazole rings is 1. The highest BCUT2D eigenvalue weighted by Crippen LogP contribution is 2.22. The van der Waals surface area contributed by atoms with Gasteiger partial charge in [0.25, 0.3) is 5.91 Å². The number of anilines is 2. The van der Waals surface area contributed by atoms with Gasteiger partial charge in [0.1, 0.15) is 5.76 Å². The number of carbonyl (C=O) groups is 2. The van der Waals surface area contributed by atoms with Crippen molar-refractivity contribution >= 4 is 34.0 Å². The average Bonchev–Trinajstić information content (AvgIpc) is 3.29. The van der Waals surface area contributed by atoms with Crippen LogP contribution in [0.3, 0.4) is 0 Å². The van der Waals surface area contributed by atoms with E-state index >= 15 is 0 Å². The van der Waals surface area contributed by atoms with E-state index in [9.17, 15) is 9.59 Å². The molecule has 3 aromatic rings. The van der Waals surface area contributed by atoms with Crippen molar-refractivity contribution in [3.63, 3.8) is 0 Å². The number of aromatic nitrogens is 1. The van der Waals surface area contributed by atoms with Crippen LogP contribution in [0, 0.1) is 6.92 Å². The molecule has 1 N–H and O–H groups in total. The molecule has 6 nitrogen and oxygen atoms in total. The Kier molecular flexibility index (Phi) is 5.94. The number of aryl methyl sites for hydroxylation is 1. The first kappa shape index (κ1) is 19.8. The highest BCUT2D eigenvalue weighted by Gasteiger charge is 2.17. The third-order valence-corrected chi connectivity index (χ3v) is 5.31. The Morgan fingerprint density at radius 3 is 2.75 bits per heavy atom. The summed E-state index contributed by atoms with van der Waals surface area (Å²) in [6.07, 6.45) is 1.64. The maximum Gasteiger partial charge on any atom is 0.260 e. The molecule has 7 heteroatoms. The number of nitrogens with zero attached hydrogens (tertiary/aromatic N) is 2. The molecule has 0 spiro atoms. The number of hydrogen-bond acceptors (Lipinski definition) is 5. The van der Waals surface area contributed by atoms with Crippen LogP contribution >= 0.6 is 11.3 Å². The third kappa shape index (κ3) is 4.48. The Hall–Kier alpha value is -2.93. The van der Waals surface area contributed by atoms with Crippen LogP contribution in [0.1, 0.15) is 47.1 Å². The summed E-state index contributed by atoms with van der Waals surface area (Å²) in [5, 5.41) is 4.99. The summed E-state index contributed by atoms with van der Waals surface area (Å²) in [5.74, 6) is 0.609. The lowest BCUT2D eigenvalue weighted by Gasteiger charge is -2.18.